The molecule has 42 heavy (non-hydrogen) atoms. The predicted molar refractivity (Wildman–Crippen MR) is 144 cm³/mol. The molecule has 2 bridgehead atoms. The number of fused-ring (bicyclic) bond motifs is 1. The molecule has 0 radical (unpaired) electrons. The van der Waals surface area contributed by atoms with Gasteiger partial charge >= 0.3 is 23.9 Å². The molecule has 1 N–H and O–H groups in total. The van der Waals surface area contributed by atoms with E-state index in [0.29, 0.717) is 12.0 Å². The maximum atomic E-state index is 13.5. The fraction of sp³-hybridized carbons (Fsp3) is 0.548. The Kier molecular flexibility index (Phi) is 7.26. The van der Waals surface area contributed by atoms with Crippen molar-refractivity contribution in [2.75, 3.05) is 0 Å². The van der Waals surface area contributed by atoms with E-state index in [0.717, 1.165) is 13.8 Å². The second-order valence-corrected chi connectivity index (χ2v) is 12.3. The molecule has 226 valence electrons. The van der Waals surface area contributed by atoms with Gasteiger partial charge in [-0.05, 0) is 70.7 Å². The minimum atomic E-state index is -2.01. The van der Waals surface area contributed by atoms with Crippen LogP contribution in [0.15, 0.2) is 53.1 Å². The van der Waals surface area contributed by atoms with Gasteiger partial charge < -0.3 is 33.2 Å². The molecule has 11 heteroatoms. The van der Waals surface area contributed by atoms with Crippen LogP contribution in [0.3, 0.4) is 0 Å². The summed E-state index contributed by atoms with van der Waals surface area (Å²) >= 11 is 0. The molecule has 1 saturated heterocycles. The fourth-order valence-electron chi connectivity index (χ4n) is 7.32. The zero-order chi connectivity index (χ0) is 30.7. The van der Waals surface area contributed by atoms with Gasteiger partial charge in [0.05, 0.1) is 22.8 Å². The summed E-state index contributed by atoms with van der Waals surface area (Å²) in [5.41, 5.74) is -5.66. The molecule has 2 aliphatic carbocycles. The lowest BCUT2D eigenvalue weighted by molar-refractivity contribution is -0.351. The first kappa shape index (κ1) is 29.8. The van der Waals surface area contributed by atoms with E-state index in [2.05, 4.69) is 0 Å². The highest BCUT2D eigenvalue weighted by molar-refractivity contribution is 5.89. The molecule has 1 aromatic heterocycles. The highest BCUT2D eigenvalue weighted by atomic mass is 16.6. The quantitative estimate of drug-likeness (QED) is 0.392. The topological polar surface area (TPSA) is 148 Å². The first-order valence-corrected chi connectivity index (χ1v) is 13.9. The van der Waals surface area contributed by atoms with E-state index >= 15 is 0 Å². The van der Waals surface area contributed by atoms with Gasteiger partial charge in [0.15, 0.2) is 18.3 Å². The molecular formula is C31H36O11. The number of aliphatic hydroxyl groups is 1. The van der Waals surface area contributed by atoms with Crippen LogP contribution in [0, 0.1) is 11.3 Å². The van der Waals surface area contributed by atoms with E-state index in [9.17, 15) is 24.3 Å². The molecule has 2 aromatic rings. The molecule has 11 nitrogen and oxygen atoms in total. The highest BCUT2D eigenvalue weighted by Gasteiger charge is 2.82. The molecule has 2 heterocycles. The summed E-state index contributed by atoms with van der Waals surface area (Å²) in [5.74, 6) is -3.40. The Morgan fingerprint density at radius 1 is 0.833 bits per heavy atom. The summed E-state index contributed by atoms with van der Waals surface area (Å²) < 4.78 is 35.7. The Morgan fingerprint density at radius 2 is 1.50 bits per heavy atom. The van der Waals surface area contributed by atoms with Gasteiger partial charge in [-0.15, -0.1) is 0 Å². The summed E-state index contributed by atoms with van der Waals surface area (Å²) in [6, 6.07) is 11.3. The number of hydrogen-bond donors (Lipinski definition) is 1. The van der Waals surface area contributed by atoms with Crippen LogP contribution >= 0.6 is 0 Å². The van der Waals surface area contributed by atoms with Gasteiger partial charge in [0.2, 0.25) is 5.76 Å². The maximum absolute atomic E-state index is 13.5. The van der Waals surface area contributed by atoms with Crippen LogP contribution in [-0.2, 0) is 33.3 Å². The predicted octanol–water partition coefficient (Wildman–Crippen LogP) is 3.62. The lowest BCUT2D eigenvalue weighted by Crippen LogP contribution is -2.82. The minimum absolute atomic E-state index is 0.130. The van der Waals surface area contributed by atoms with Crippen molar-refractivity contribution in [3.63, 3.8) is 0 Å². The lowest BCUT2D eigenvalue weighted by Gasteiger charge is -2.65. The van der Waals surface area contributed by atoms with Gasteiger partial charge in [-0.1, -0.05) is 18.2 Å². The van der Waals surface area contributed by atoms with E-state index in [-0.39, 0.29) is 18.1 Å². The van der Waals surface area contributed by atoms with E-state index in [1.54, 1.807) is 37.3 Å². The first-order valence-electron chi connectivity index (χ1n) is 13.9. The smallest absolute Gasteiger partial charge is 0.374 e. The summed E-state index contributed by atoms with van der Waals surface area (Å²) in [4.78, 5) is 51.7. The fourth-order valence-corrected chi connectivity index (χ4v) is 7.32. The standard InChI is InChI=1S/C31H36O11/c1-17(32)38-23-24(41-27(35)21-13-10-14-37-21)29(5)22(40-26(34)19-11-8-7-9-12-19)15-20-16-31(29,42-28(20,3)4)30(6,36)25(23)39-18(2)33/h7-14,20,22-25,36H,15-16H2,1-6H3/t20-,22+,23+,24+,25+,29-,30+,31-/m1/s1. The largest absolute Gasteiger partial charge is 0.458 e. The van der Waals surface area contributed by atoms with Crippen molar-refractivity contribution in [2.45, 2.75) is 95.6 Å². The Hall–Kier alpha value is -3.70. The molecule has 3 aliphatic rings. The van der Waals surface area contributed by atoms with Crippen LogP contribution in [0.25, 0.3) is 0 Å². The molecular weight excluding hydrogens is 548 g/mol. The van der Waals surface area contributed by atoms with E-state index < -0.39 is 70.5 Å². The highest BCUT2D eigenvalue weighted by Crippen LogP contribution is 2.68. The molecule has 1 aromatic carbocycles. The average molecular weight is 585 g/mol. The summed E-state index contributed by atoms with van der Waals surface area (Å²) in [6.07, 6.45) is -3.59. The number of ether oxygens (including phenoxy) is 5. The van der Waals surface area contributed by atoms with Gasteiger partial charge in [0, 0.05) is 13.8 Å². The zero-order valence-corrected chi connectivity index (χ0v) is 24.4. The van der Waals surface area contributed by atoms with Crippen LogP contribution in [0.2, 0.25) is 0 Å². The van der Waals surface area contributed by atoms with Crippen molar-refractivity contribution in [3.8, 4) is 0 Å². The number of hydrogen-bond acceptors (Lipinski definition) is 11. The molecule has 5 rings (SSSR count). The molecule has 2 saturated carbocycles. The SMILES string of the molecule is CC(=O)O[C@H]1[C@H](OC(=O)c2ccco2)[C@@]2(C)[C@@H](OC(=O)c3ccccc3)C[C@@H]3C[C@]2(OC3(C)C)[C@@](C)(O)[C@H]1OC(C)=O. The number of rotatable bonds is 6. The minimum Gasteiger partial charge on any atom is -0.458 e. The Bertz CT molecular complexity index is 1360. The molecule has 1 aliphatic heterocycles. The van der Waals surface area contributed by atoms with E-state index in [4.69, 9.17) is 28.1 Å². The van der Waals surface area contributed by atoms with Gasteiger partial charge in [0.1, 0.15) is 17.3 Å². The van der Waals surface area contributed by atoms with Gasteiger partial charge in [-0.3, -0.25) is 9.59 Å². The van der Waals surface area contributed by atoms with Crippen molar-refractivity contribution in [1.29, 1.82) is 0 Å². The third-order valence-electron chi connectivity index (χ3n) is 9.36. The number of carbonyl (C=O) groups is 4. The first-order chi connectivity index (χ1) is 19.6. The monoisotopic (exact) mass is 584 g/mol. The number of benzene rings is 1. The molecule has 0 unspecified atom stereocenters. The van der Waals surface area contributed by atoms with Crippen molar-refractivity contribution in [2.24, 2.45) is 11.3 Å². The van der Waals surface area contributed by atoms with Gasteiger partial charge in [-0.2, -0.15) is 0 Å². The maximum Gasteiger partial charge on any atom is 0.374 e. The third-order valence-corrected chi connectivity index (χ3v) is 9.36. The lowest BCUT2D eigenvalue weighted by atomic mass is 9.47. The summed E-state index contributed by atoms with van der Waals surface area (Å²) in [5, 5.41) is 12.4. The normalized spacial score (nSPS) is 36.3. The Balaban J connectivity index is 1.71. The summed E-state index contributed by atoms with van der Waals surface area (Å²) in [7, 11) is 0. The van der Waals surface area contributed by atoms with Gasteiger partial charge in [0.25, 0.3) is 0 Å². The van der Waals surface area contributed by atoms with Crippen molar-refractivity contribution in [3.05, 3.63) is 60.1 Å². The number of furan rings is 1. The average Bonchev–Trinajstić information content (AvgIpc) is 3.53. The van der Waals surface area contributed by atoms with Gasteiger partial charge in [-0.25, -0.2) is 9.59 Å². The number of carbonyl (C=O) groups excluding carboxylic acids is 4. The zero-order valence-electron chi connectivity index (χ0n) is 24.4. The van der Waals surface area contributed by atoms with E-state index in [1.165, 1.54) is 25.3 Å². The van der Waals surface area contributed by atoms with Crippen LogP contribution in [0.5, 0.6) is 0 Å². The van der Waals surface area contributed by atoms with Crippen molar-refractivity contribution in [1.82, 2.24) is 0 Å². The van der Waals surface area contributed by atoms with Crippen LogP contribution in [-0.4, -0.2) is 70.2 Å². The molecule has 0 amide bonds. The third kappa shape index (κ3) is 4.50. The Morgan fingerprint density at radius 3 is 2.10 bits per heavy atom. The second kappa shape index (κ2) is 10.2. The summed E-state index contributed by atoms with van der Waals surface area (Å²) in [6.45, 7) is 9.17. The van der Waals surface area contributed by atoms with E-state index in [1.807, 2.05) is 13.8 Å². The Labute approximate surface area is 243 Å². The molecule has 3 fully saturated rings. The van der Waals surface area contributed by atoms with Crippen LogP contribution in [0.1, 0.15) is 75.3 Å². The van der Waals surface area contributed by atoms with Crippen molar-refractivity contribution >= 4 is 23.9 Å². The van der Waals surface area contributed by atoms with Crippen molar-refractivity contribution < 1.29 is 52.4 Å². The molecule has 8 atom stereocenters. The van der Waals surface area contributed by atoms with Crippen LogP contribution in [0.4, 0.5) is 0 Å². The number of esters is 4. The second-order valence-electron chi connectivity index (χ2n) is 12.3. The van der Waals surface area contributed by atoms with Crippen LogP contribution < -0.4 is 0 Å². The molecule has 1 spiro atoms.